The van der Waals surface area contributed by atoms with E-state index < -0.39 is 5.91 Å². The Kier molecular flexibility index (Phi) is 4.12. The van der Waals surface area contributed by atoms with Crippen molar-refractivity contribution in [1.29, 1.82) is 0 Å². The van der Waals surface area contributed by atoms with E-state index in [1.807, 2.05) is 13.8 Å². The molecule has 8 heteroatoms. The molecule has 0 radical (unpaired) electrons. The van der Waals surface area contributed by atoms with Crippen molar-refractivity contribution >= 4 is 23.5 Å². The highest BCUT2D eigenvalue weighted by Crippen LogP contribution is 2.22. The highest BCUT2D eigenvalue weighted by atomic mass is 35.5. The maximum Gasteiger partial charge on any atom is 0.322 e. The molecule has 1 amide bonds. The fourth-order valence-corrected chi connectivity index (χ4v) is 2.11. The number of carbonyl (C=O) groups excluding carboxylic acids is 1. The van der Waals surface area contributed by atoms with Gasteiger partial charge in [-0.05, 0) is 38.1 Å². The van der Waals surface area contributed by atoms with E-state index >= 15 is 0 Å². The Morgan fingerprint density at radius 3 is 2.83 bits per heavy atom. The molecule has 7 nitrogen and oxygen atoms in total. The molecule has 23 heavy (non-hydrogen) atoms. The summed E-state index contributed by atoms with van der Waals surface area (Å²) >= 11 is 5.92. The van der Waals surface area contributed by atoms with Gasteiger partial charge in [-0.2, -0.15) is 5.10 Å². The van der Waals surface area contributed by atoms with Crippen molar-refractivity contribution in [2.45, 2.75) is 19.9 Å². The molecule has 0 saturated carbocycles. The molecule has 1 N–H and O–H groups in total. The molecule has 2 heterocycles. The van der Waals surface area contributed by atoms with Gasteiger partial charge in [-0.25, -0.2) is 0 Å². The number of halogens is 1. The maximum absolute atomic E-state index is 12.1. The van der Waals surface area contributed by atoms with Gasteiger partial charge >= 0.3 is 6.01 Å². The molecular weight excluding hydrogens is 318 g/mol. The lowest BCUT2D eigenvalue weighted by Crippen LogP contribution is -2.14. The van der Waals surface area contributed by atoms with Gasteiger partial charge in [0, 0.05) is 22.8 Å². The molecule has 0 unspecified atom stereocenters. The third-order valence-electron chi connectivity index (χ3n) is 3.09. The second kappa shape index (κ2) is 6.21. The van der Waals surface area contributed by atoms with E-state index in [4.69, 9.17) is 16.0 Å². The average molecular weight is 332 g/mol. The summed E-state index contributed by atoms with van der Waals surface area (Å²) in [7, 11) is 0. The van der Waals surface area contributed by atoms with E-state index in [-0.39, 0.29) is 23.6 Å². The van der Waals surface area contributed by atoms with Crippen LogP contribution in [0, 0.1) is 0 Å². The van der Waals surface area contributed by atoms with Crippen molar-refractivity contribution in [3.63, 3.8) is 0 Å². The second-order valence-corrected chi connectivity index (χ2v) is 5.59. The predicted molar refractivity (Wildman–Crippen MR) is 85.3 cm³/mol. The predicted octanol–water partition coefficient (Wildman–Crippen LogP) is 3.42. The lowest BCUT2D eigenvalue weighted by molar-refractivity contribution is 0.101. The zero-order valence-electron chi connectivity index (χ0n) is 12.5. The van der Waals surface area contributed by atoms with Gasteiger partial charge in [0.15, 0.2) is 5.69 Å². The Hall–Kier alpha value is -2.67. The van der Waals surface area contributed by atoms with Crippen molar-refractivity contribution < 1.29 is 9.21 Å². The molecule has 2 aromatic heterocycles. The third-order valence-corrected chi connectivity index (χ3v) is 3.32. The van der Waals surface area contributed by atoms with Crippen molar-refractivity contribution in [2.24, 2.45) is 0 Å². The van der Waals surface area contributed by atoms with Gasteiger partial charge in [-0.15, -0.1) is 5.10 Å². The van der Waals surface area contributed by atoms with E-state index in [9.17, 15) is 4.79 Å². The number of nitrogens with zero attached hydrogens (tertiary/aromatic N) is 4. The summed E-state index contributed by atoms with van der Waals surface area (Å²) in [6.07, 6.45) is 1.74. The molecule has 1 aromatic carbocycles. The molecule has 0 aliphatic carbocycles. The normalized spacial score (nSPS) is 11.0. The molecule has 0 aliphatic rings. The molecule has 0 bridgehead atoms. The van der Waals surface area contributed by atoms with Gasteiger partial charge in [-0.3, -0.25) is 14.8 Å². The van der Waals surface area contributed by atoms with Crippen LogP contribution in [0.1, 0.15) is 30.4 Å². The number of hydrogen-bond acceptors (Lipinski definition) is 5. The van der Waals surface area contributed by atoms with Crippen LogP contribution >= 0.6 is 11.6 Å². The van der Waals surface area contributed by atoms with Crippen LogP contribution < -0.4 is 5.32 Å². The first-order valence-electron chi connectivity index (χ1n) is 6.99. The summed E-state index contributed by atoms with van der Waals surface area (Å²) in [5, 5.41) is 15.0. The zero-order chi connectivity index (χ0) is 16.4. The fourth-order valence-electron chi connectivity index (χ4n) is 1.92. The van der Waals surface area contributed by atoms with E-state index in [2.05, 4.69) is 20.6 Å². The number of aromatic nitrogens is 4. The number of nitrogens with one attached hydrogen (secondary N) is 1. The van der Waals surface area contributed by atoms with Gasteiger partial charge in [0.2, 0.25) is 5.89 Å². The molecule has 0 spiro atoms. The average Bonchev–Trinajstić information content (AvgIpc) is 3.16. The minimum atomic E-state index is -0.411. The SMILES string of the molecule is CC(C)n1ccc(C(=O)Nc2nnc(-c3cccc(Cl)c3)o2)n1. The van der Waals surface area contributed by atoms with Crippen molar-refractivity contribution in [1.82, 2.24) is 20.0 Å². The largest absolute Gasteiger partial charge is 0.403 e. The van der Waals surface area contributed by atoms with Crippen LogP contribution in [-0.4, -0.2) is 25.9 Å². The molecule has 0 saturated heterocycles. The summed E-state index contributed by atoms with van der Waals surface area (Å²) in [6, 6.07) is 8.82. The Bertz CT molecular complexity index is 840. The lowest BCUT2D eigenvalue weighted by atomic mass is 10.2. The van der Waals surface area contributed by atoms with E-state index in [1.54, 1.807) is 41.2 Å². The van der Waals surface area contributed by atoms with Crippen LogP contribution in [0.3, 0.4) is 0 Å². The summed E-state index contributed by atoms with van der Waals surface area (Å²) in [6.45, 7) is 3.95. The summed E-state index contributed by atoms with van der Waals surface area (Å²) in [5.74, 6) is -0.138. The molecule has 0 atom stereocenters. The summed E-state index contributed by atoms with van der Waals surface area (Å²) in [5.41, 5.74) is 0.954. The second-order valence-electron chi connectivity index (χ2n) is 5.15. The molecular formula is C15H14ClN5O2. The van der Waals surface area contributed by atoms with Crippen LogP contribution in [0.4, 0.5) is 6.01 Å². The van der Waals surface area contributed by atoms with Crippen molar-refractivity contribution in [2.75, 3.05) is 5.32 Å². The number of amides is 1. The Balaban J connectivity index is 1.74. The highest BCUT2D eigenvalue weighted by Gasteiger charge is 2.15. The smallest absolute Gasteiger partial charge is 0.322 e. The van der Waals surface area contributed by atoms with E-state index in [1.165, 1.54) is 0 Å². The Labute approximate surface area is 137 Å². The van der Waals surface area contributed by atoms with Crippen LogP contribution in [0.15, 0.2) is 40.9 Å². The minimum absolute atomic E-state index is 0.00377. The van der Waals surface area contributed by atoms with Crippen LogP contribution in [-0.2, 0) is 0 Å². The van der Waals surface area contributed by atoms with E-state index in [0.29, 0.717) is 10.6 Å². The third kappa shape index (κ3) is 3.40. The molecule has 118 valence electrons. The first-order chi connectivity index (χ1) is 11.0. The van der Waals surface area contributed by atoms with Gasteiger partial charge in [-0.1, -0.05) is 22.8 Å². The first-order valence-corrected chi connectivity index (χ1v) is 7.36. The lowest BCUT2D eigenvalue weighted by Gasteiger charge is -2.03. The molecule has 3 aromatic rings. The van der Waals surface area contributed by atoms with Gasteiger partial charge in [0.1, 0.15) is 0 Å². The monoisotopic (exact) mass is 331 g/mol. The van der Waals surface area contributed by atoms with Crippen LogP contribution in [0.2, 0.25) is 5.02 Å². The quantitative estimate of drug-likeness (QED) is 0.791. The number of rotatable bonds is 4. The maximum atomic E-state index is 12.1. The van der Waals surface area contributed by atoms with Crippen molar-refractivity contribution in [3.05, 3.63) is 47.2 Å². The topological polar surface area (TPSA) is 85.8 Å². The van der Waals surface area contributed by atoms with Gasteiger partial charge in [0.25, 0.3) is 5.91 Å². The number of hydrogen-bond donors (Lipinski definition) is 1. The number of anilines is 1. The molecule has 0 aliphatic heterocycles. The summed E-state index contributed by atoms with van der Waals surface area (Å²) < 4.78 is 7.12. The van der Waals surface area contributed by atoms with Gasteiger partial charge in [0.05, 0.1) is 0 Å². The standard InChI is InChI=1S/C15H14ClN5O2/c1-9(2)21-7-6-12(20-21)13(22)17-15-19-18-14(23-15)10-4-3-5-11(16)8-10/h3-9H,1-2H3,(H,17,19,22). The van der Waals surface area contributed by atoms with Crippen LogP contribution in [0.25, 0.3) is 11.5 Å². The summed E-state index contributed by atoms with van der Waals surface area (Å²) in [4.78, 5) is 12.1. The Morgan fingerprint density at radius 1 is 1.30 bits per heavy atom. The zero-order valence-corrected chi connectivity index (χ0v) is 13.3. The minimum Gasteiger partial charge on any atom is -0.403 e. The fraction of sp³-hybridized carbons (Fsp3) is 0.200. The van der Waals surface area contributed by atoms with Crippen LogP contribution in [0.5, 0.6) is 0 Å². The first kappa shape index (κ1) is 15.2. The molecule has 0 fully saturated rings. The van der Waals surface area contributed by atoms with Crippen molar-refractivity contribution in [3.8, 4) is 11.5 Å². The highest BCUT2D eigenvalue weighted by molar-refractivity contribution is 6.30. The van der Waals surface area contributed by atoms with E-state index in [0.717, 1.165) is 0 Å². The Morgan fingerprint density at radius 2 is 2.13 bits per heavy atom. The van der Waals surface area contributed by atoms with Gasteiger partial charge < -0.3 is 4.42 Å². The number of benzene rings is 1. The number of carbonyl (C=O) groups is 1. The molecule has 3 rings (SSSR count).